The van der Waals surface area contributed by atoms with Crippen molar-refractivity contribution >= 4 is 34.3 Å². The Morgan fingerprint density at radius 2 is 2.04 bits per heavy atom. The third-order valence-electron chi connectivity index (χ3n) is 3.18. The minimum Gasteiger partial charge on any atom is -0.409 e. The number of halogens is 3. The lowest BCUT2D eigenvalue weighted by atomic mass is 10.3. The summed E-state index contributed by atoms with van der Waals surface area (Å²) in [6.45, 7) is 0. The molecular formula is C13H11F3N6OS. The van der Waals surface area contributed by atoms with E-state index >= 15 is 0 Å². The number of benzene rings is 1. The van der Waals surface area contributed by atoms with E-state index in [1.165, 1.54) is 6.07 Å². The van der Waals surface area contributed by atoms with Crippen LogP contribution >= 0.6 is 11.8 Å². The number of hydrogen-bond acceptors (Lipinski definition) is 6. The fraction of sp³-hybridized carbons (Fsp3) is 0.231. The first kappa shape index (κ1) is 16.3. The number of para-hydroxylation sites is 2. The van der Waals surface area contributed by atoms with Gasteiger partial charge in [0, 0.05) is 12.2 Å². The molecule has 0 spiro atoms. The monoisotopic (exact) mass is 356 g/mol. The van der Waals surface area contributed by atoms with Crippen LogP contribution in [0.5, 0.6) is 0 Å². The Bertz CT molecular complexity index is 923. The van der Waals surface area contributed by atoms with Crippen LogP contribution in [-0.4, -0.2) is 36.4 Å². The Hall–Kier alpha value is -2.56. The van der Waals surface area contributed by atoms with E-state index in [0.29, 0.717) is 16.3 Å². The van der Waals surface area contributed by atoms with Gasteiger partial charge in [-0.25, -0.2) is 4.98 Å². The first-order valence-electron chi connectivity index (χ1n) is 6.72. The average Bonchev–Trinajstić information content (AvgIpc) is 3.00. The third kappa shape index (κ3) is 2.94. The molecule has 0 amide bonds. The average molecular weight is 356 g/mol. The Kier molecular flexibility index (Phi) is 4.18. The fourth-order valence-electron chi connectivity index (χ4n) is 2.14. The lowest BCUT2D eigenvalue weighted by Crippen LogP contribution is -2.12. The molecule has 0 bridgehead atoms. The standard InChI is InChI=1S/C13H11F3N6OS/c14-13(15,16)12-20-19-10-11(24-6-5-9(17)21-23)18-7-3-1-2-4-8(7)22(10)12/h1-4,23H,5-6H2,(H2,17,21). The first-order valence-corrected chi connectivity index (χ1v) is 7.70. The smallest absolute Gasteiger partial charge is 0.409 e. The van der Waals surface area contributed by atoms with E-state index in [-0.39, 0.29) is 23.4 Å². The van der Waals surface area contributed by atoms with Gasteiger partial charge in [-0.3, -0.25) is 4.40 Å². The molecule has 1 aromatic carbocycles. The van der Waals surface area contributed by atoms with Gasteiger partial charge in [-0.15, -0.1) is 22.0 Å². The fourth-order valence-corrected chi connectivity index (χ4v) is 3.07. The van der Waals surface area contributed by atoms with Gasteiger partial charge in [-0.05, 0) is 12.1 Å². The molecule has 2 aromatic heterocycles. The normalized spacial score (nSPS) is 13.0. The second-order valence-corrected chi connectivity index (χ2v) is 5.86. The lowest BCUT2D eigenvalue weighted by molar-refractivity contribution is -0.145. The van der Waals surface area contributed by atoms with Crippen LogP contribution in [-0.2, 0) is 6.18 Å². The van der Waals surface area contributed by atoms with E-state index in [1.807, 2.05) is 0 Å². The van der Waals surface area contributed by atoms with Gasteiger partial charge in [0.2, 0.25) is 5.82 Å². The van der Waals surface area contributed by atoms with Crippen molar-refractivity contribution in [2.45, 2.75) is 17.6 Å². The summed E-state index contributed by atoms with van der Waals surface area (Å²) in [7, 11) is 0. The SMILES string of the molecule is N/C(CCSc1nc2ccccc2n2c(C(F)(F)F)nnc12)=N\O. The van der Waals surface area contributed by atoms with Gasteiger partial charge >= 0.3 is 6.18 Å². The quantitative estimate of drug-likeness (QED) is 0.245. The van der Waals surface area contributed by atoms with Crippen LogP contribution in [0.15, 0.2) is 34.4 Å². The maximum absolute atomic E-state index is 13.2. The number of hydrogen-bond donors (Lipinski definition) is 2. The molecule has 0 atom stereocenters. The zero-order valence-electron chi connectivity index (χ0n) is 12.0. The largest absolute Gasteiger partial charge is 0.452 e. The molecular weight excluding hydrogens is 345 g/mol. The molecule has 3 N–H and O–H groups in total. The van der Waals surface area contributed by atoms with Crippen molar-refractivity contribution in [2.24, 2.45) is 10.9 Å². The number of oxime groups is 1. The van der Waals surface area contributed by atoms with Crippen LogP contribution in [0.2, 0.25) is 0 Å². The van der Waals surface area contributed by atoms with Crippen LogP contribution in [0.25, 0.3) is 16.7 Å². The van der Waals surface area contributed by atoms with E-state index in [9.17, 15) is 13.2 Å². The topological polar surface area (TPSA) is 102 Å². The van der Waals surface area contributed by atoms with E-state index in [2.05, 4.69) is 20.3 Å². The molecule has 11 heteroatoms. The molecule has 3 rings (SSSR count). The molecule has 0 aliphatic rings. The van der Waals surface area contributed by atoms with Crippen LogP contribution in [0.3, 0.4) is 0 Å². The Morgan fingerprint density at radius 1 is 1.29 bits per heavy atom. The molecule has 0 saturated heterocycles. The minimum absolute atomic E-state index is 0.0190. The summed E-state index contributed by atoms with van der Waals surface area (Å²) in [5.74, 6) is -0.711. The van der Waals surface area contributed by atoms with Crippen molar-refractivity contribution in [1.82, 2.24) is 19.6 Å². The number of alkyl halides is 3. The number of nitrogens with two attached hydrogens (primary N) is 1. The Morgan fingerprint density at radius 3 is 2.75 bits per heavy atom. The van der Waals surface area contributed by atoms with Gasteiger partial charge in [0.15, 0.2) is 5.65 Å². The predicted octanol–water partition coefficient (Wildman–Crippen LogP) is 2.52. The second kappa shape index (κ2) is 6.15. The van der Waals surface area contributed by atoms with Gasteiger partial charge in [-0.2, -0.15) is 13.2 Å². The zero-order chi connectivity index (χ0) is 17.3. The second-order valence-electron chi connectivity index (χ2n) is 4.78. The maximum Gasteiger partial charge on any atom is 0.452 e. The predicted molar refractivity (Wildman–Crippen MR) is 82.0 cm³/mol. The molecule has 0 aliphatic carbocycles. The highest BCUT2D eigenvalue weighted by molar-refractivity contribution is 7.99. The Balaban J connectivity index is 2.14. The maximum atomic E-state index is 13.2. The molecule has 0 aliphatic heterocycles. The van der Waals surface area contributed by atoms with Crippen molar-refractivity contribution in [2.75, 3.05) is 5.75 Å². The number of nitrogens with zero attached hydrogens (tertiary/aromatic N) is 5. The molecule has 7 nitrogen and oxygen atoms in total. The van der Waals surface area contributed by atoms with Crippen molar-refractivity contribution in [1.29, 1.82) is 0 Å². The van der Waals surface area contributed by atoms with E-state index in [0.717, 1.165) is 16.2 Å². The van der Waals surface area contributed by atoms with Crippen molar-refractivity contribution in [3.05, 3.63) is 30.1 Å². The highest BCUT2D eigenvalue weighted by Crippen LogP contribution is 2.32. The molecule has 0 saturated carbocycles. The number of fused-ring (bicyclic) bond motifs is 3. The third-order valence-corrected chi connectivity index (χ3v) is 4.13. The van der Waals surface area contributed by atoms with Gasteiger partial charge in [0.1, 0.15) is 10.9 Å². The van der Waals surface area contributed by atoms with Gasteiger partial charge < -0.3 is 10.9 Å². The molecule has 0 fully saturated rings. The summed E-state index contributed by atoms with van der Waals surface area (Å²) in [6, 6.07) is 6.44. The molecule has 126 valence electrons. The summed E-state index contributed by atoms with van der Waals surface area (Å²) < 4.78 is 40.6. The van der Waals surface area contributed by atoms with Gasteiger partial charge in [-0.1, -0.05) is 17.3 Å². The van der Waals surface area contributed by atoms with Gasteiger partial charge in [0.25, 0.3) is 0 Å². The number of aromatic nitrogens is 4. The number of amidine groups is 1. The van der Waals surface area contributed by atoms with Crippen LogP contribution < -0.4 is 5.73 Å². The van der Waals surface area contributed by atoms with Crippen molar-refractivity contribution in [3.63, 3.8) is 0 Å². The molecule has 0 radical (unpaired) electrons. The molecule has 2 heterocycles. The van der Waals surface area contributed by atoms with Crippen LogP contribution in [0.1, 0.15) is 12.2 Å². The van der Waals surface area contributed by atoms with E-state index in [1.54, 1.807) is 18.2 Å². The van der Waals surface area contributed by atoms with Crippen molar-refractivity contribution < 1.29 is 18.4 Å². The van der Waals surface area contributed by atoms with Crippen molar-refractivity contribution in [3.8, 4) is 0 Å². The summed E-state index contributed by atoms with van der Waals surface area (Å²) >= 11 is 1.16. The molecule has 24 heavy (non-hydrogen) atoms. The highest BCUT2D eigenvalue weighted by Gasteiger charge is 2.38. The Labute approximate surface area is 137 Å². The zero-order valence-corrected chi connectivity index (χ0v) is 12.8. The lowest BCUT2D eigenvalue weighted by Gasteiger charge is -2.09. The van der Waals surface area contributed by atoms with E-state index in [4.69, 9.17) is 10.9 Å². The van der Waals surface area contributed by atoms with Crippen LogP contribution in [0.4, 0.5) is 13.2 Å². The van der Waals surface area contributed by atoms with Crippen LogP contribution in [0, 0.1) is 0 Å². The summed E-state index contributed by atoms with van der Waals surface area (Å²) in [5, 5.41) is 18.6. The number of thioether (sulfide) groups is 1. The number of rotatable bonds is 4. The summed E-state index contributed by atoms with van der Waals surface area (Å²) in [6.07, 6.45) is -4.39. The minimum atomic E-state index is -4.64. The molecule has 3 aromatic rings. The van der Waals surface area contributed by atoms with E-state index < -0.39 is 12.0 Å². The summed E-state index contributed by atoms with van der Waals surface area (Å²) in [4.78, 5) is 4.35. The summed E-state index contributed by atoms with van der Waals surface area (Å²) in [5.41, 5.74) is 6.06. The molecule has 0 unspecified atom stereocenters. The highest BCUT2D eigenvalue weighted by atomic mass is 32.2. The van der Waals surface area contributed by atoms with Gasteiger partial charge in [0.05, 0.1) is 11.0 Å². The first-order chi connectivity index (χ1) is 11.4.